The van der Waals surface area contributed by atoms with Crippen LogP contribution in [0.1, 0.15) is 12.8 Å². The fraction of sp³-hybridized carbons (Fsp3) is 0.833. The summed E-state index contributed by atoms with van der Waals surface area (Å²) in [5.74, 6) is 0. The number of aldehydes is 1. The minimum Gasteiger partial charge on any atom is -0.375 e. The van der Waals surface area contributed by atoms with Crippen molar-refractivity contribution in [3.63, 3.8) is 0 Å². The maximum Gasteiger partial charge on any atom is 0.181 e. The Morgan fingerprint density at radius 1 is 1.78 bits per heavy atom. The third-order valence-corrected chi connectivity index (χ3v) is 1.45. The van der Waals surface area contributed by atoms with Crippen molar-refractivity contribution >= 4 is 6.29 Å². The smallest absolute Gasteiger partial charge is 0.181 e. The molecule has 9 heavy (non-hydrogen) atoms. The summed E-state index contributed by atoms with van der Waals surface area (Å²) in [7, 11) is 0. The first-order valence-electron chi connectivity index (χ1n) is 3.05. The van der Waals surface area contributed by atoms with Crippen LogP contribution in [0.4, 0.5) is 4.39 Å². The monoisotopic (exact) mass is 132 g/mol. The second-order valence-electron chi connectivity index (χ2n) is 2.13. The van der Waals surface area contributed by atoms with E-state index in [-0.39, 0.29) is 0 Å². The summed E-state index contributed by atoms with van der Waals surface area (Å²) in [4.78, 5) is 9.84. The second-order valence-corrected chi connectivity index (χ2v) is 2.13. The highest BCUT2D eigenvalue weighted by atomic mass is 19.1. The standard InChI is InChI=1S/C6H9FO2/c7-5(4-8)6-2-1-3-9-6/h4-6H,1-3H2. The number of hydrogen-bond acceptors (Lipinski definition) is 2. The average molecular weight is 132 g/mol. The molecule has 1 heterocycles. The quantitative estimate of drug-likeness (QED) is 0.517. The van der Waals surface area contributed by atoms with Gasteiger partial charge < -0.3 is 9.53 Å². The van der Waals surface area contributed by atoms with Crippen molar-refractivity contribution < 1.29 is 13.9 Å². The summed E-state index contributed by atoms with van der Waals surface area (Å²) in [6, 6.07) is 0. The van der Waals surface area contributed by atoms with Crippen molar-refractivity contribution in [2.24, 2.45) is 0 Å². The van der Waals surface area contributed by atoms with Crippen molar-refractivity contribution in [1.29, 1.82) is 0 Å². The molecule has 2 nitrogen and oxygen atoms in total. The average Bonchev–Trinajstić information content (AvgIpc) is 2.37. The number of hydrogen-bond donors (Lipinski definition) is 0. The zero-order valence-electron chi connectivity index (χ0n) is 5.05. The Bertz CT molecular complexity index is 99.2. The molecule has 0 aromatic carbocycles. The first kappa shape index (κ1) is 6.68. The van der Waals surface area contributed by atoms with Crippen LogP contribution in [0.2, 0.25) is 0 Å². The minimum atomic E-state index is -1.41. The molecule has 0 amide bonds. The molecule has 1 fully saturated rings. The molecule has 1 aliphatic rings. The Morgan fingerprint density at radius 3 is 3.00 bits per heavy atom. The molecule has 1 rings (SSSR count). The molecule has 0 spiro atoms. The summed E-state index contributed by atoms with van der Waals surface area (Å²) >= 11 is 0. The summed E-state index contributed by atoms with van der Waals surface area (Å²) in [5.41, 5.74) is 0. The fourth-order valence-corrected chi connectivity index (χ4v) is 0.941. The normalized spacial score (nSPS) is 30.1. The lowest BCUT2D eigenvalue weighted by Gasteiger charge is -2.07. The summed E-state index contributed by atoms with van der Waals surface area (Å²) in [6.45, 7) is 0.596. The van der Waals surface area contributed by atoms with Crippen LogP contribution in [0.3, 0.4) is 0 Å². The predicted molar refractivity (Wildman–Crippen MR) is 29.9 cm³/mol. The minimum absolute atomic E-state index is 0.302. The van der Waals surface area contributed by atoms with Gasteiger partial charge in [0.25, 0.3) is 0 Å². The van der Waals surface area contributed by atoms with E-state index in [0.29, 0.717) is 19.3 Å². The second kappa shape index (κ2) is 2.92. The summed E-state index contributed by atoms with van der Waals surface area (Å²) < 4.78 is 17.2. The Balaban J connectivity index is 2.32. The van der Waals surface area contributed by atoms with Gasteiger partial charge in [0.2, 0.25) is 0 Å². The molecule has 1 saturated heterocycles. The molecule has 2 unspecified atom stereocenters. The summed E-state index contributed by atoms with van der Waals surface area (Å²) in [5, 5.41) is 0. The van der Waals surface area contributed by atoms with Gasteiger partial charge in [0, 0.05) is 6.61 Å². The Labute approximate surface area is 53.0 Å². The maximum atomic E-state index is 12.3. The molecule has 0 aromatic rings. The van der Waals surface area contributed by atoms with Gasteiger partial charge in [-0.25, -0.2) is 4.39 Å². The van der Waals surface area contributed by atoms with Crippen molar-refractivity contribution in [1.82, 2.24) is 0 Å². The molecule has 0 N–H and O–H groups in total. The molecular formula is C6H9FO2. The SMILES string of the molecule is O=CC(F)C1CCCO1. The third-order valence-electron chi connectivity index (χ3n) is 1.45. The van der Waals surface area contributed by atoms with Crippen LogP contribution in [0, 0.1) is 0 Å². The van der Waals surface area contributed by atoms with Gasteiger partial charge in [0.05, 0.1) is 6.10 Å². The number of ether oxygens (including phenoxy) is 1. The van der Waals surface area contributed by atoms with Crippen LogP contribution in [0.15, 0.2) is 0 Å². The topological polar surface area (TPSA) is 26.3 Å². The van der Waals surface area contributed by atoms with Crippen LogP contribution >= 0.6 is 0 Å². The molecule has 2 atom stereocenters. The number of halogens is 1. The van der Waals surface area contributed by atoms with E-state index in [4.69, 9.17) is 4.74 Å². The zero-order valence-corrected chi connectivity index (χ0v) is 5.05. The molecule has 1 aliphatic heterocycles. The van der Waals surface area contributed by atoms with Crippen LogP contribution < -0.4 is 0 Å². The van der Waals surface area contributed by atoms with Gasteiger partial charge in [0.15, 0.2) is 12.5 Å². The number of carbonyl (C=O) groups excluding carboxylic acids is 1. The van der Waals surface area contributed by atoms with E-state index in [1.165, 1.54) is 0 Å². The molecule has 0 aromatic heterocycles. The molecule has 0 bridgehead atoms. The van der Waals surface area contributed by atoms with E-state index in [1.54, 1.807) is 0 Å². The molecular weight excluding hydrogens is 123 g/mol. The predicted octanol–water partition coefficient (Wildman–Crippen LogP) is 0.702. The Morgan fingerprint density at radius 2 is 2.56 bits per heavy atom. The van der Waals surface area contributed by atoms with Gasteiger partial charge in [-0.15, -0.1) is 0 Å². The van der Waals surface area contributed by atoms with Gasteiger partial charge in [-0.1, -0.05) is 0 Å². The van der Waals surface area contributed by atoms with Gasteiger partial charge >= 0.3 is 0 Å². The van der Waals surface area contributed by atoms with Gasteiger partial charge in [0.1, 0.15) is 0 Å². The third kappa shape index (κ3) is 1.48. The zero-order chi connectivity index (χ0) is 6.69. The first-order chi connectivity index (χ1) is 4.34. The van der Waals surface area contributed by atoms with E-state index in [0.717, 1.165) is 6.42 Å². The summed E-state index contributed by atoms with van der Waals surface area (Å²) in [6.07, 6.45) is -0.00977. The van der Waals surface area contributed by atoms with E-state index in [2.05, 4.69) is 0 Å². The van der Waals surface area contributed by atoms with Crippen LogP contribution in [0.25, 0.3) is 0 Å². The van der Waals surface area contributed by atoms with Crippen LogP contribution in [-0.2, 0) is 9.53 Å². The van der Waals surface area contributed by atoms with Crippen LogP contribution in [0.5, 0.6) is 0 Å². The number of carbonyl (C=O) groups is 1. The van der Waals surface area contributed by atoms with E-state index < -0.39 is 12.3 Å². The molecule has 52 valence electrons. The first-order valence-corrected chi connectivity index (χ1v) is 3.05. The van der Waals surface area contributed by atoms with E-state index >= 15 is 0 Å². The van der Waals surface area contributed by atoms with Crippen molar-refractivity contribution in [2.75, 3.05) is 6.61 Å². The lowest BCUT2D eigenvalue weighted by atomic mass is 10.2. The van der Waals surface area contributed by atoms with Crippen molar-refractivity contribution in [3.05, 3.63) is 0 Å². The lowest BCUT2D eigenvalue weighted by molar-refractivity contribution is -0.115. The molecule has 0 saturated carbocycles. The lowest BCUT2D eigenvalue weighted by Crippen LogP contribution is -2.21. The van der Waals surface area contributed by atoms with Crippen LogP contribution in [-0.4, -0.2) is 25.2 Å². The number of alkyl halides is 1. The number of rotatable bonds is 2. The van der Waals surface area contributed by atoms with Crippen molar-refractivity contribution in [2.45, 2.75) is 25.1 Å². The molecule has 0 radical (unpaired) electrons. The largest absolute Gasteiger partial charge is 0.375 e. The maximum absolute atomic E-state index is 12.3. The highest BCUT2D eigenvalue weighted by Crippen LogP contribution is 2.16. The highest BCUT2D eigenvalue weighted by Gasteiger charge is 2.24. The van der Waals surface area contributed by atoms with E-state index in [9.17, 15) is 9.18 Å². The Kier molecular flexibility index (Phi) is 2.16. The highest BCUT2D eigenvalue weighted by molar-refractivity contribution is 5.56. The van der Waals surface area contributed by atoms with E-state index in [1.807, 2.05) is 0 Å². The van der Waals surface area contributed by atoms with Gasteiger partial charge in [-0.05, 0) is 12.8 Å². The van der Waals surface area contributed by atoms with Gasteiger partial charge in [-0.2, -0.15) is 0 Å². The molecule has 3 heteroatoms. The Hall–Kier alpha value is -0.440. The van der Waals surface area contributed by atoms with Crippen molar-refractivity contribution in [3.8, 4) is 0 Å². The molecule has 0 aliphatic carbocycles. The van der Waals surface area contributed by atoms with Gasteiger partial charge in [-0.3, -0.25) is 0 Å². The fourth-order valence-electron chi connectivity index (χ4n) is 0.941.